The number of aryl methyl sites for hydroxylation is 1. The highest BCUT2D eigenvalue weighted by Crippen LogP contribution is 2.07. The van der Waals surface area contributed by atoms with Crippen molar-refractivity contribution in [1.82, 2.24) is 19.7 Å². The van der Waals surface area contributed by atoms with E-state index in [-0.39, 0.29) is 6.03 Å². The van der Waals surface area contributed by atoms with Gasteiger partial charge in [-0.1, -0.05) is 30.3 Å². The van der Waals surface area contributed by atoms with E-state index in [0.29, 0.717) is 6.54 Å². The summed E-state index contributed by atoms with van der Waals surface area (Å²) in [5.74, 6) is 0. The molecule has 140 valence electrons. The maximum Gasteiger partial charge on any atom is 0.317 e. The molecule has 0 spiro atoms. The highest BCUT2D eigenvalue weighted by atomic mass is 16.2. The van der Waals surface area contributed by atoms with E-state index in [9.17, 15) is 4.79 Å². The van der Waals surface area contributed by atoms with E-state index in [1.807, 2.05) is 29.4 Å². The molecular weight excluding hydrogens is 324 g/mol. The van der Waals surface area contributed by atoms with E-state index in [1.165, 1.54) is 12.0 Å². The summed E-state index contributed by atoms with van der Waals surface area (Å²) in [6.45, 7) is 6.33. The van der Waals surface area contributed by atoms with Crippen LogP contribution in [0, 0.1) is 0 Å². The van der Waals surface area contributed by atoms with Gasteiger partial charge in [-0.25, -0.2) is 4.79 Å². The monoisotopic (exact) mass is 354 g/mol. The fourth-order valence-corrected chi connectivity index (χ4v) is 3.47. The van der Waals surface area contributed by atoms with Gasteiger partial charge in [0.1, 0.15) is 0 Å². The number of benzene rings is 1. The van der Waals surface area contributed by atoms with Crippen LogP contribution in [0.15, 0.2) is 54.9 Å². The number of urea groups is 1. The molecule has 2 aromatic rings. The minimum Gasteiger partial charge on any atom is -0.353 e. The fourth-order valence-electron chi connectivity index (χ4n) is 3.47. The Labute approximate surface area is 156 Å². The van der Waals surface area contributed by atoms with Crippen molar-refractivity contribution in [3.05, 3.63) is 60.4 Å². The Balaban J connectivity index is 1.33. The van der Waals surface area contributed by atoms with Crippen molar-refractivity contribution in [1.29, 1.82) is 0 Å². The molecule has 1 aliphatic heterocycles. The highest BCUT2D eigenvalue weighted by Gasteiger charge is 2.18. The van der Waals surface area contributed by atoms with Crippen LogP contribution in [-0.2, 0) is 13.0 Å². The number of aromatic nitrogens is 1. The van der Waals surface area contributed by atoms with Gasteiger partial charge in [0.25, 0.3) is 0 Å². The minimum atomic E-state index is 0.0725. The predicted octanol–water partition coefficient (Wildman–Crippen LogP) is 2.84. The number of amides is 2. The van der Waals surface area contributed by atoms with Crippen LogP contribution in [-0.4, -0.2) is 59.7 Å². The molecular formula is C21H30N4O. The number of carbonyl (C=O) groups is 1. The third-order valence-electron chi connectivity index (χ3n) is 4.97. The van der Waals surface area contributed by atoms with Crippen molar-refractivity contribution in [2.24, 2.45) is 0 Å². The lowest BCUT2D eigenvalue weighted by Gasteiger charge is -2.22. The summed E-state index contributed by atoms with van der Waals surface area (Å²) in [6.07, 6.45) is 7.39. The van der Waals surface area contributed by atoms with Crippen molar-refractivity contribution in [3.63, 3.8) is 0 Å². The average molecular weight is 354 g/mol. The molecule has 5 heteroatoms. The van der Waals surface area contributed by atoms with Crippen molar-refractivity contribution in [3.8, 4) is 0 Å². The Morgan fingerprint density at radius 1 is 0.923 bits per heavy atom. The lowest BCUT2D eigenvalue weighted by Crippen LogP contribution is -2.43. The lowest BCUT2D eigenvalue weighted by molar-refractivity contribution is 0.197. The molecule has 1 fully saturated rings. The van der Waals surface area contributed by atoms with Crippen molar-refractivity contribution >= 4 is 6.03 Å². The van der Waals surface area contributed by atoms with Crippen LogP contribution >= 0.6 is 0 Å². The molecule has 0 bridgehead atoms. The van der Waals surface area contributed by atoms with Crippen LogP contribution < -0.4 is 5.32 Å². The van der Waals surface area contributed by atoms with Crippen LogP contribution in [0.3, 0.4) is 0 Å². The topological polar surface area (TPSA) is 40.5 Å². The molecule has 0 atom stereocenters. The molecule has 0 aliphatic carbocycles. The molecule has 3 rings (SSSR count). The number of nitrogens with one attached hydrogen (secondary N) is 1. The number of nitrogens with zero attached hydrogens (tertiary/aromatic N) is 3. The number of hydrogen-bond donors (Lipinski definition) is 1. The summed E-state index contributed by atoms with van der Waals surface area (Å²) < 4.78 is 2.08. The molecule has 0 radical (unpaired) electrons. The number of hydrogen-bond acceptors (Lipinski definition) is 2. The zero-order valence-electron chi connectivity index (χ0n) is 15.5. The molecule has 5 nitrogen and oxygen atoms in total. The van der Waals surface area contributed by atoms with E-state index < -0.39 is 0 Å². The first-order chi connectivity index (χ1) is 12.8. The van der Waals surface area contributed by atoms with Gasteiger partial charge in [-0.15, -0.1) is 0 Å². The van der Waals surface area contributed by atoms with Crippen molar-refractivity contribution < 1.29 is 4.79 Å². The minimum absolute atomic E-state index is 0.0725. The quantitative estimate of drug-likeness (QED) is 0.831. The second-order valence-electron chi connectivity index (χ2n) is 6.92. The smallest absolute Gasteiger partial charge is 0.317 e. The molecule has 1 saturated heterocycles. The first-order valence-electron chi connectivity index (χ1n) is 9.71. The van der Waals surface area contributed by atoms with Gasteiger partial charge >= 0.3 is 6.03 Å². The largest absolute Gasteiger partial charge is 0.353 e. The molecule has 1 aromatic heterocycles. The Morgan fingerprint density at radius 2 is 1.73 bits per heavy atom. The van der Waals surface area contributed by atoms with Crippen LogP contribution in [0.1, 0.15) is 18.4 Å². The summed E-state index contributed by atoms with van der Waals surface area (Å²) >= 11 is 0. The average Bonchev–Trinajstić information content (AvgIpc) is 3.07. The lowest BCUT2D eigenvalue weighted by atomic mass is 10.1. The zero-order valence-corrected chi connectivity index (χ0v) is 15.5. The first kappa shape index (κ1) is 18.5. The van der Waals surface area contributed by atoms with Crippen LogP contribution in [0.5, 0.6) is 0 Å². The molecule has 26 heavy (non-hydrogen) atoms. The second-order valence-corrected chi connectivity index (χ2v) is 6.92. The zero-order chi connectivity index (χ0) is 18.0. The molecule has 1 N–H and O–H groups in total. The first-order valence-corrected chi connectivity index (χ1v) is 9.71. The van der Waals surface area contributed by atoms with Gasteiger partial charge < -0.3 is 19.7 Å². The van der Waals surface area contributed by atoms with Gasteiger partial charge in [0.15, 0.2) is 0 Å². The summed E-state index contributed by atoms with van der Waals surface area (Å²) in [7, 11) is 0. The Bertz CT molecular complexity index is 641. The highest BCUT2D eigenvalue weighted by molar-refractivity contribution is 5.74. The van der Waals surface area contributed by atoms with Crippen LogP contribution in [0.25, 0.3) is 0 Å². The maximum atomic E-state index is 12.4. The van der Waals surface area contributed by atoms with Gasteiger partial charge in [-0.05, 0) is 50.0 Å². The summed E-state index contributed by atoms with van der Waals surface area (Å²) in [5, 5.41) is 3.05. The molecule has 0 saturated carbocycles. The van der Waals surface area contributed by atoms with E-state index in [1.54, 1.807) is 0 Å². The standard InChI is InChI=1S/C21H30N4O/c26-21(22-11-17-23-12-4-5-13-23)25-16-7-15-24(18-19-25)14-6-10-20-8-2-1-3-9-20/h1-5,8-9,12-13H,6-7,10-11,14-19H2,(H,22,26). The fraction of sp³-hybridized carbons (Fsp3) is 0.476. The second kappa shape index (κ2) is 10.0. The maximum absolute atomic E-state index is 12.4. The van der Waals surface area contributed by atoms with E-state index in [2.05, 4.69) is 45.1 Å². The van der Waals surface area contributed by atoms with Gasteiger partial charge in [0.05, 0.1) is 0 Å². The van der Waals surface area contributed by atoms with Crippen LogP contribution in [0.4, 0.5) is 4.79 Å². The van der Waals surface area contributed by atoms with E-state index >= 15 is 0 Å². The van der Waals surface area contributed by atoms with Gasteiger partial charge in [0.2, 0.25) is 0 Å². The number of rotatable bonds is 7. The summed E-state index contributed by atoms with van der Waals surface area (Å²) in [4.78, 5) is 16.8. The van der Waals surface area contributed by atoms with Gasteiger partial charge in [-0.3, -0.25) is 0 Å². The molecule has 1 aliphatic rings. The molecule has 0 unspecified atom stereocenters. The number of carbonyl (C=O) groups excluding carboxylic acids is 1. The Morgan fingerprint density at radius 3 is 2.54 bits per heavy atom. The Kier molecular flexibility index (Phi) is 7.14. The predicted molar refractivity (Wildman–Crippen MR) is 105 cm³/mol. The summed E-state index contributed by atoms with van der Waals surface area (Å²) in [5.41, 5.74) is 1.41. The van der Waals surface area contributed by atoms with Gasteiger partial charge in [0, 0.05) is 45.1 Å². The molecule has 2 heterocycles. The van der Waals surface area contributed by atoms with E-state index in [4.69, 9.17) is 0 Å². The molecule has 1 aromatic carbocycles. The summed E-state index contributed by atoms with van der Waals surface area (Å²) in [6, 6.07) is 14.7. The van der Waals surface area contributed by atoms with Crippen molar-refractivity contribution in [2.75, 3.05) is 39.3 Å². The Hall–Kier alpha value is -2.27. The third kappa shape index (κ3) is 5.92. The third-order valence-corrected chi connectivity index (χ3v) is 4.97. The van der Waals surface area contributed by atoms with Crippen LogP contribution in [0.2, 0.25) is 0 Å². The SMILES string of the molecule is O=C(NCCn1cccc1)N1CCCN(CCCc2ccccc2)CC1. The van der Waals surface area contributed by atoms with E-state index in [0.717, 1.165) is 52.1 Å². The normalized spacial score (nSPS) is 15.6. The molecule has 2 amide bonds. The van der Waals surface area contributed by atoms with Crippen molar-refractivity contribution in [2.45, 2.75) is 25.8 Å². The van der Waals surface area contributed by atoms with Gasteiger partial charge in [-0.2, -0.15) is 0 Å².